The molecular weight excluding hydrogens is 270 g/mol. The minimum atomic E-state index is -0.0822. The fourth-order valence-corrected chi connectivity index (χ4v) is 2.66. The first kappa shape index (κ1) is 15.6. The molecule has 1 amide bonds. The molecule has 0 bridgehead atoms. The van der Waals surface area contributed by atoms with Gasteiger partial charge < -0.3 is 19.5 Å². The number of nitrogens with zero attached hydrogens (tertiary/aromatic N) is 1. The molecule has 5 nitrogen and oxygen atoms in total. The predicted molar refractivity (Wildman–Crippen MR) is 79.5 cm³/mol. The minimum Gasteiger partial charge on any atom is -0.493 e. The molecule has 1 aliphatic rings. The first-order chi connectivity index (χ1) is 10.3. The Balaban J connectivity index is 1.96. The lowest BCUT2D eigenvalue weighted by atomic mass is 10.1. The highest BCUT2D eigenvalue weighted by molar-refractivity contribution is 5.78. The molecule has 1 N–H and O–H groups in total. The quantitative estimate of drug-likeness (QED) is 0.900. The van der Waals surface area contributed by atoms with E-state index in [1.165, 1.54) is 0 Å². The number of aliphatic hydroxyl groups is 1. The van der Waals surface area contributed by atoms with Crippen molar-refractivity contribution in [1.82, 2.24) is 4.90 Å². The average molecular weight is 293 g/mol. The van der Waals surface area contributed by atoms with Crippen LogP contribution in [-0.4, -0.2) is 48.8 Å². The molecule has 0 saturated carbocycles. The first-order valence-electron chi connectivity index (χ1n) is 7.42. The Morgan fingerprint density at radius 3 is 2.76 bits per heavy atom. The van der Waals surface area contributed by atoms with Gasteiger partial charge in [-0.2, -0.15) is 0 Å². The van der Waals surface area contributed by atoms with Gasteiger partial charge in [-0.25, -0.2) is 0 Å². The molecule has 1 unspecified atom stereocenters. The highest BCUT2D eigenvalue weighted by atomic mass is 16.5. The number of ether oxygens (including phenoxy) is 2. The summed E-state index contributed by atoms with van der Waals surface area (Å²) < 4.78 is 10.8. The summed E-state index contributed by atoms with van der Waals surface area (Å²) in [5, 5.41) is 9.45. The molecule has 0 spiro atoms. The van der Waals surface area contributed by atoms with Crippen LogP contribution in [0.25, 0.3) is 0 Å². The second-order valence-electron chi connectivity index (χ2n) is 5.21. The third-order valence-electron chi connectivity index (χ3n) is 3.83. The van der Waals surface area contributed by atoms with Gasteiger partial charge in [0.05, 0.1) is 19.8 Å². The van der Waals surface area contributed by atoms with Crippen molar-refractivity contribution < 1.29 is 19.4 Å². The molecule has 2 rings (SSSR count). The van der Waals surface area contributed by atoms with E-state index >= 15 is 0 Å². The Hall–Kier alpha value is -1.75. The SMILES string of the molecule is COc1ccccc1OCC(=O)N1CCCCCC1CO. The number of hydrogen-bond donors (Lipinski definition) is 1. The molecular formula is C16H23NO4. The van der Waals surface area contributed by atoms with Crippen molar-refractivity contribution in [2.45, 2.75) is 31.7 Å². The van der Waals surface area contributed by atoms with E-state index in [0.717, 1.165) is 25.7 Å². The summed E-state index contributed by atoms with van der Waals surface area (Å²) >= 11 is 0. The molecule has 5 heteroatoms. The minimum absolute atomic E-state index is 0.0143. The van der Waals surface area contributed by atoms with Crippen LogP contribution in [-0.2, 0) is 4.79 Å². The lowest BCUT2D eigenvalue weighted by molar-refractivity contribution is -0.136. The largest absolute Gasteiger partial charge is 0.493 e. The lowest BCUT2D eigenvalue weighted by Crippen LogP contribution is -2.44. The summed E-state index contributed by atoms with van der Waals surface area (Å²) in [6.07, 6.45) is 4.00. The zero-order chi connectivity index (χ0) is 15.1. The number of aliphatic hydroxyl groups excluding tert-OH is 1. The van der Waals surface area contributed by atoms with E-state index in [1.54, 1.807) is 24.1 Å². The second kappa shape index (κ2) is 7.88. The van der Waals surface area contributed by atoms with Gasteiger partial charge in [-0.15, -0.1) is 0 Å². The second-order valence-corrected chi connectivity index (χ2v) is 5.21. The molecule has 116 valence electrons. The molecule has 0 radical (unpaired) electrons. The van der Waals surface area contributed by atoms with Gasteiger partial charge >= 0.3 is 0 Å². The van der Waals surface area contributed by atoms with Gasteiger partial charge in [0.15, 0.2) is 18.1 Å². The van der Waals surface area contributed by atoms with Crippen molar-refractivity contribution in [3.63, 3.8) is 0 Å². The number of hydrogen-bond acceptors (Lipinski definition) is 4. The summed E-state index contributed by atoms with van der Waals surface area (Å²) in [6, 6.07) is 7.18. The van der Waals surface area contributed by atoms with Crippen LogP contribution in [0.2, 0.25) is 0 Å². The topological polar surface area (TPSA) is 59.0 Å². The predicted octanol–water partition coefficient (Wildman–Crippen LogP) is 1.84. The molecule has 1 heterocycles. The summed E-state index contributed by atoms with van der Waals surface area (Å²) in [7, 11) is 1.57. The van der Waals surface area contributed by atoms with Crippen molar-refractivity contribution in [2.24, 2.45) is 0 Å². The van der Waals surface area contributed by atoms with Crippen molar-refractivity contribution in [3.05, 3.63) is 24.3 Å². The Morgan fingerprint density at radius 1 is 1.29 bits per heavy atom. The van der Waals surface area contributed by atoms with Crippen LogP contribution in [0.15, 0.2) is 24.3 Å². The Labute approximate surface area is 125 Å². The summed E-state index contributed by atoms with van der Waals surface area (Å²) in [5.74, 6) is 1.09. The van der Waals surface area contributed by atoms with Crippen molar-refractivity contribution in [1.29, 1.82) is 0 Å². The molecule has 1 saturated heterocycles. The third-order valence-corrected chi connectivity index (χ3v) is 3.83. The molecule has 1 atom stereocenters. The highest BCUT2D eigenvalue weighted by Crippen LogP contribution is 2.26. The molecule has 1 aliphatic heterocycles. The van der Waals surface area contributed by atoms with Crippen LogP contribution in [0, 0.1) is 0 Å². The van der Waals surface area contributed by atoms with Gasteiger partial charge in [-0.3, -0.25) is 4.79 Å². The fraction of sp³-hybridized carbons (Fsp3) is 0.562. The van der Waals surface area contributed by atoms with Gasteiger partial charge in [0, 0.05) is 6.54 Å². The van der Waals surface area contributed by atoms with E-state index in [9.17, 15) is 9.90 Å². The number of para-hydroxylation sites is 2. The molecule has 1 aromatic rings. The van der Waals surface area contributed by atoms with Gasteiger partial charge in [-0.05, 0) is 25.0 Å². The van der Waals surface area contributed by atoms with E-state index < -0.39 is 0 Å². The van der Waals surface area contributed by atoms with Crippen LogP contribution < -0.4 is 9.47 Å². The maximum Gasteiger partial charge on any atom is 0.260 e. The molecule has 0 aromatic heterocycles. The Morgan fingerprint density at radius 2 is 2.05 bits per heavy atom. The van der Waals surface area contributed by atoms with Gasteiger partial charge in [-0.1, -0.05) is 25.0 Å². The highest BCUT2D eigenvalue weighted by Gasteiger charge is 2.25. The number of amides is 1. The maximum atomic E-state index is 12.3. The first-order valence-corrected chi connectivity index (χ1v) is 7.42. The zero-order valence-electron chi connectivity index (χ0n) is 12.5. The summed E-state index contributed by atoms with van der Waals surface area (Å²) in [5.41, 5.74) is 0. The molecule has 21 heavy (non-hydrogen) atoms. The Kier molecular flexibility index (Phi) is 5.87. The standard InChI is InChI=1S/C16H23NO4/c1-20-14-8-4-5-9-15(14)21-12-16(19)17-10-6-2-3-7-13(17)11-18/h4-5,8-9,13,18H,2-3,6-7,10-12H2,1H3. The summed E-state index contributed by atoms with van der Waals surface area (Å²) in [6.45, 7) is 0.677. The van der Waals surface area contributed by atoms with Crippen molar-refractivity contribution in [2.75, 3.05) is 26.9 Å². The molecule has 1 aromatic carbocycles. The van der Waals surface area contributed by atoms with Crippen molar-refractivity contribution >= 4 is 5.91 Å². The third kappa shape index (κ3) is 4.11. The normalized spacial score (nSPS) is 19.0. The van der Waals surface area contributed by atoms with Crippen LogP contribution >= 0.6 is 0 Å². The van der Waals surface area contributed by atoms with Crippen molar-refractivity contribution in [3.8, 4) is 11.5 Å². The monoisotopic (exact) mass is 293 g/mol. The van der Waals surface area contributed by atoms with Crippen LogP contribution in [0.5, 0.6) is 11.5 Å². The number of carbonyl (C=O) groups is 1. The van der Waals surface area contributed by atoms with E-state index in [1.807, 2.05) is 12.1 Å². The van der Waals surface area contributed by atoms with Crippen LogP contribution in [0.3, 0.4) is 0 Å². The maximum absolute atomic E-state index is 12.3. The number of carbonyl (C=O) groups excluding carboxylic acids is 1. The van der Waals surface area contributed by atoms with E-state index in [4.69, 9.17) is 9.47 Å². The number of rotatable bonds is 5. The Bertz CT molecular complexity index is 463. The van der Waals surface area contributed by atoms with E-state index in [-0.39, 0.29) is 25.2 Å². The summed E-state index contributed by atoms with van der Waals surface area (Å²) in [4.78, 5) is 14.1. The zero-order valence-corrected chi connectivity index (χ0v) is 12.5. The number of likely N-dealkylation sites (tertiary alicyclic amines) is 1. The van der Waals surface area contributed by atoms with Gasteiger partial charge in [0.2, 0.25) is 0 Å². The fourth-order valence-electron chi connectivity index (χ4n) is 2.66. The van der Waals surface area contributed by atoms with Gasteiger partial charge in [0.1, 0.15) is 0 Å². The molecule has 0 aliphatic carbocycles. The van der Waals surface area contributed by atoms with Gasteiger partial charge in [0.25, 0.3) is 5.91 Å². The smallest absolute Gasteiger partial charge is 0.260 e. The number of benzene rings is 1. The van der Waals surface area contributed by atoms with Crippen LogP contribution in [0.4, 0.5) is 0 Å². The van der Waals surface area contributed by atoms with E-state index in [2.05, 4.69) is 0 Å². The lowest BCUT2D eigenvalue weighted by Gasteiger charge is -2.28. The van der Waals surface area contributed by atoms with Crippen LogP contribution in [0.1, 0.15) is 25.7 Å². The average Bonchev–Trinajstić information content (AvgIpc) is 2.78. The van der Waals surface area contributed by atoms with E-state index in [0.29, 0.717) is 18.0 Å². The molecule has 1 fully saturated rings. The number of methoxy groups -OCH3 is 1.